The SMILES string of the molecule is Cc1c(O)nc(-c2ccc3c(c2)CCO3)[nH]c1=O. The molecular weight excluding hydrogens is 232 g/mol. The van der Waals surface area contributed by atoms with E-state index >= 15 is 0 Å². The number of rotatable bonds is 1. The molecule has 0 spiro atoms. The van der Waals surface area contributed by atoms with Gasteiger partial charge in [0.1, 0.15) is 11.6 Å². The molecule has 2 N–H and O–H groups in total. The number of nitrogens with one attached hydrogen (secondary N) is 1. The van der Waals surface area contributed by atoms with Crippen LogP contribution in [0.3, 0.4) is 0 Å². The Labute approximate surface area is 103 Å². The normalized spacial score (nSPS) is 13.2. The third-order valence-electron chi connectivity index (χ3n) is 3.09. The summed E-state index contributed by atoms with van der Waals surface area (Å²) in [6.07, 6.45) is 0.852. The first-order valence-electron chi connectivity index (χ1n) is 5.71. The zero-order valence-corrected chi connectivity index (χ0v) is 9.86. The molecule has 18 heavy (non-hydrogen) atoms. The van der Waals surface area contributed by atoms with Crippen LogP contribution in [0, 0.1) is 6.92 Å². The molecule has 0 fully saturated rings. The van der Waals surface area contributed by atoms with Crippen LogP contribution in [0.25, 0.3) is 11.4 Å². The second-order valence-electron chi connectivity index (χ2n) is 4.28. The summed E-state index contributed by atoms with van der Waals surface area (Å²) in [6.45, 7) is 2.21. The highest BCUT2D eigenvalue weighted by Gasteiger charge is 2.14. The molecule has 1 aromatic carbocycles. The number of aromatic nitrogens is 2. The van der Waals surface area contributed by atoms with Gasteiger partial charge in [-0.2, -0.15) is 4.98 Å². The summed E-state index contributed by atoms with van der Waals surface area (Å²) in [7, 11) is 0. The number of fused-ring (bicyclic) bond motifs is 1. The molecule has 92 valence electrons. The van der Waals surface area contributed by atoms with E-state index in [1.807, 2.05) is 18.2 Å². The quantitative estimate of drug-likeness (QED) is 0.794. The van der Waals surface area contributed by atoms with Crippen molar-refractivity contribution in [3.63, 3.8) is 0 Å². The van der Waals surface area contributed by atoms with E-state index in [4.69, 9.17) is 4.74 Å². The Hall–Kier alpha value is -2.30. The molecule has 1 aliphatic rings. The second-order valence-corrected chi connectivity index (χ2v) is 4.28. The van der Waals surface area contributed by atoms with E-state index in [1.54, 1.807) is 0 Å². The highest BCUT2D eigenvalue weighted by atomic mass is 16.5. The minimum absolute atomic E-state index is 0.225. The third kappa shape index (κ3) is 1.64. The Bertz CT molecular complexity index is 676. The summed E-state index contributed by atoms with van der Waals surface area (Å²) in [5, 5.41) is 9.58. The molecule has 0 bridgehead atoms. The smallest absolute Gasteiger partial charge is 0.257 e. The van der Waals surface area contributed by atoms with Crippen LogP contribution in [0.15, 0.2) is 23.0 Å². The molecule has 1 aromatic heterocycles. The first-order chi connectivity index (χ1) is 8.65. The van der Waals surface area contributed by atoms with Crippen LogP contribution in [0.1, 0.15) is 11.1 Å². The van der Waals surface area contributed by atoms with Crippen LogP contribution >= 0.6 is 0 Å². The van der Waals surface area contributed by atoms with E-state index in [9.17, 15) is 9.90 Å². The molecule has 3 rings (SSSR count). The molecule has 0 amide bonds. The second kappa shape index (κ2) is 3.87. The Balaban J connectivity index is 2.13. The molecule has 2 aromatic rings. The van der Waals surface area contributed by atoms with Gasteiger partial charge in [0.15, 0.2) is 0 Å². The highest BCUT2D eigenvalue weighted by Crippen LogP contribution is 2.29. The van der Waals surface area contributed by atoms with Gasteiger partial charge in [-0.05, 0) is 30.7 Å². The fourth-order valence-electron chi connectivity index (χ4n) is 1.99. The van der Waals surface area contributed by atoms with Crippen LogP contribution < -0.4 is 10.3 Å². The lowest BCUT2D eigenvalue weighted by Gasteiger charge is -2.05. The fraction of sp³-hybridized carbons (Fsp3) is 0.231. The molecule has 0 saturated carbocycles. The largest absolute Gasteiger partial charge is 0.493 e. The van der Waals surface area contributed by atoms with Crippen molar-refractivity contribution < 1.29 is 9.84 Å². The van der Waals surface area contributed by atoms with Crippen molar-refractivity contribution >= 4 is 0 Å². The lowest BCUT2D eigenvalue weighted by molar-refractivity contribution is 0.357. The predicted molar refractivity (Wildman–Crippen MR) is 65.9 cm³/mol. The number of ether oxygens (including phenoxy) is 1. The summed E-state index contributed by atoms with van der Waals surface area (Å²) >= 11 is 0. The van der Waals surface area contributed by atoms with E-state index < -0.39 is 0 Å². The molecular formula is C13H12N2O3. The van der Waals surface area contributed by atoms with Gasteiger partial charge in [0, 0.05) is 12.0 Å². The van der Waals surface area contributed by atoms with Gasteiger partial charge >= 0.3 is 0 Å². The summed E-state index contributed by atoms with van der Waals surface area (Å²) < 4.78 is 5.41. The summed E-state index contributed by atoms with van der Waals surface area (Å²) in [5.41, 5.74) is 1.76. The van der Waals surface area contributed by atoms with E-state index in [-0.39, 0.29) is 17.0 Å². The highest BCUT2D eigenvalue weighted by molar-refractivity contribution is 5.60. The van der Waals surface area contributed by atoms with E-state index in [1.165, 1.54) is 6.92 Å². The summed E-state index contributed by atoms with van der Waals surface area (Å²) in [5.74, 6) is 1.01. The van der Waals surface area contributed by atoms with Gasteiger partial charge in [0.25, 0.3) is 5.56 Å². The van der Waals surface area contributed by atoms with Gasteiger partial charge in [0.05, 0.1) is 12.2 Å². The molecule has 0 aliphatic carbocycles. The third-order valence-corrected chi connectivity index (χ3v) is 3.09. The van der Waals surface area contributed by atoms with Crippen LogP contribution in [-0.2, 0) is 6.42 Å². The first-order valence-corrected chi connectivity index (χ1v) is 5.71. The first kappa shape index (κ1) is 10.8. The van der Waals surface area contributed by atoms with Gasteiger partial charge < -0.3 is 14.8 Å². The Kier molecular flexibility index (Phi) is 2.33. The maximum atomic E-state index is 11.6. The molecule has 1 aliphatic heterocycles. The number of H-pyrrole nitrogens is 1. The maximum Gasteiger partial charge on any atom is 0.257 e. The van der Waals surface area contributed by atoms with Crippen LogP contribution in [0.5, 0.6) is 11.6 Å². The minimum atomic E-state index is -0.325. The van der Waals surface area contributed by atoms with E-state index in [0.29, 0.717) is 12.4 Å². The molecule has 0 unspecified atom stereocenters. The number of hydrogen-bond acceptors (Lipinski definition) is 4. The maximum absolute atomic E-state index is 11.6. The van der Waals surface area contributed by atoms with Gasteiger partial charge in [-0.3, -0.25) is 4.79 Å². The number of benzene rings is 1. The molecule has 2 heterocycles. The van der Waals surface area contributed by atoms with Gasteiger partial charge in [-0.25, -0.2) is 0 Å². The van der Waals surface area contributed by atoms with Crippen LogP contribution in [0.4, 0.5) is 0 Å². The Morgan fingerprint density at radius 2 is 2.28 bits per heavy atom. The average Bonchev–Trinajstić information content (AvgIpc) is 2.82. The molecule has 0 radical (unpaired) electrons. The van der Waals surface area contributed by atoms with Crippen LogP contribution in [0.2, 0.25) is 0 Å². The van der Waals surface area contributed by atoms with Crippen molar-refractivity contribution in [3.05, 3.63) is 39.7 Å². The fourth-order valence-corrected chi connectivity index (χ4v) is 1.99. The predicted octanol–water partition coefficient (Wildman–Crippen LogP) is 1.39. The molecule has 5 nitrogen and oxygen atoms in total. The zero-order chi connectivity index (χ0) is 12.7. The number of aromatic hydroxyl groups is 1. The minimum Gasteiger partial charge on any atom is -0.493 e. The Morgan fingerprint density at radius 1 is 1.44 bits per heavy atom. The topological polar surface area (TPSA) is 75.2 Å². The van der Waals surface area contributed by atoms with E-state index in [0.717, 1.165) is 23.3 Å². The van der Waals surface area contributed by atoms with Gasteiger partial charge in [0.2, 0.25) is 5.88 Å². The van der Waals surface area contributed by atoms with Crippen molar-refractivity contribution in [1.82, 2.24) is 9.97 Å². The number of nitrogens with zero attached hydrogens (tertiary/aromatic N) is 1. The van der Waals surface area contributed by atoms with Crippen molar-refractivity contribution in [2.45, 2.75) is 13.3 Å². The van der Waals surface area contributed by atoms with Crippen molar-refractivity contribution in [3.8, 4) is 23.0 Å². The van der Waals surface area contributed by atoms with E-state index in [2.05, 4.69) is 9.97 Å². The lowest BCUT2D eigenvalue weighted by atomic mass is 10.1. The van der Waals surface area contributed by atoms with Crippen molar-refractivity contribution in [2.75, 3.05) is 6.61 Å². The standard InChI is InChI=1S/C13H12N2O3/c1-7-12(16)14-11(15-13(7)17)9-2-3-10-8(6-9)4-5-18-10/h2-3,6H,4-5H2,1H3,(H2,14,15,16,17). The van der Waals surface area contributed by atoms with Crippen molar-refractivity contribution in [2.24, 2.45) is 0 Å². The average molecular weight is 244 g/mol. The van der Waals surface area contributed by atoms with Crippen LogP contribution in [-0.4, -0.2) is 21.7 Å². The Morgan fingerprint density at radius 3 is 3.06 bits per heavy atom. The van der Waals surface area contributed by atoms with Gasteiger partial charge in [-0.1, -0.05) is 0 Å². The molecule has 0 saturated heterocycles. The summed E-state index contributed by atoms with van der Waals surface area (Å²) in [6, 6.07) is 5.60. The lowest BCUT2D eigenvalue weighted by Crippen LogP contribution is -2.12. The molecule has 0 atom stereocenters. The van der Waals surface area contributed by atoms with Gasteiger partial charge in [-0.15, -0.1) is 0 Å². The zero-order valence-electron chi connectivity index (χ0n) is 9.86. The monoisotopic (exact) mass is 244 g/mol. The summed E-state index contributed by atoms with van der Waals surface area (Å²) in [4.78, 5) is 18.2. The number of hydrogen-bond donors (Lipinski definition) is 2. The molecule has 5 heteroatoms. The number of aromatic amines is 1. The van der Waals surface area contributed by atoms with Crippen molar-refractivity contribution in [1.29, 1.82) is 0 Å².